The third-order valence-electron chi connectivity index (χ3n) is 11.1. The number of sulfonamides is 2. The van der Waals surface area contributed by atoms with Gasteiger partial charge in [-0.05, 0) is 105 Å². The molecule has 5 aliphatic heterocycles. The summed E-state index contributed by atoms with van der Waals surface area (Å²) in [6.07, 6.45) is 10.1. The van der Waals surface area contributed by atoms with Crippen LogP contribution in [0.5, 0.6) is 0 Å². The SMILES string of the molecule is N#Cc1ccc(S(=O)(=O)Cl)cc1.N#Cc1ccc(S(=O)(=O)N2CC=C(C(=O)NO)C2)cc1.N#Cc1ccc(S(=O)(=O)N2CC=C(C(=O)NOC3CCCCO3)C2)cc1.O=C(COC1CCCCO1)C1=CCNC1. The number of hydrogen-bond donors (Lipinski definition) is 4. The molecule has 2 amide bonds. The van der Waals surface area contributed by atoms with Gasteiger partial charge >= 0.3 is 0 Å². The zero-order chi connectivity index (χ0) is 53.0. The number of ether oxygens (including phenoxy) is 3. The minimum atomic E-state index is -3.74. The molecule has 4 N–H and O–H groups in total. The smallest absolute Gasteiger partial charge is 0.271 e. The highest BCUT2D eigenvalue weighted by molar-refractivity contribution is 8.13. The molecule has 0 aliphatic carbocycles. The molecular formula is C47H51ClN8O14S3. The molecule has 2 saturated heterocycles. The van der Waals surface area contributed by atoms with Crippen LogP contribution in [0.25, 0.3) is 0 Å². The Balaban J connectivity index is 0.000000188. The van der Waals surface area contributed by atoms with Gasteiger partial charge in [-0.25, -0.2) is 41.1 Å². The van der Waals surface area contributed by atoms with Gasteiger partial charge in [-0.15, -0.1) is 0 Å². The first kappa shape index (κ1) is 57.7. The van der Waals surface area contributed by atoms with Gasteiger partial charge in [-0.2, -0.15) is 24.4 Å². The number of hydrogen-bond acceptors (Lipinski definition) is 18. The summed E-state index contributed by atoms with van der Waals surface area (Å²) in [5.41, 5.74) is 6.29. The highest BCUT2D eigenvalue weighted by atomic mass is 35.7. The van der Waals surface area contributed by atoms with E-state index in [0.29, 0.717) is 41.8 Å². The van der Waals surface area contributed by atoms with Crippen LogP contribution in [-0.2, 0) is 62.5 Å². The van der Waals surface area contributed by atoms with Crippen LogP contribution in [0.1, 0.15) is 55.2 Å². The standard InChI is InChI=1S/C17H19N3O5S.C12H11N3O4S.C11H17NO3.C7H4ClNO2S/c18-11-13-4-6-15(7-5-13)26(22,23)20-9-8-14(12-20)17(21)19-25-16-3-1-2-10-24-16;13-7-9-1-3-11(4-2-9)20(18,19)15-6-5-10(8-15)12(16)14-17;13-10(9-4-5-12-7-9)8-15-11-3-1-2-6-14-11;8-12(10,11)7-3-1-6(5-9)2-4-7/h4-8,16H,1-3,9-10,12H2,(H,19,21);1-5,17H,6,8H2,(H,14,16);4,11-12H,1-3,5-8H2;1-4H. The molecule has 0 aromatic heterocycles. The molecule has 3 aromatic rings. The van der Waals surface area contributed by atoms with E-state index in [1.807, 2.05) is 24.3 Å². The molecule has 8 rings (SSSR count). The average Bonchev–Trinajstić information content (AvgIpc) is 4.25. The molecule has 22 nitrogen and oxygen atoms in total. The van der Waals surface area contributed by atoms with Crippen molar-refractivity contribution in [3.05, 3.63) is 124 Å². The van der Waals surface area contributed by atoms with Crippen molar-refractivity contribution in [1.29, 1.82) is 15.8 Å². The fraction of sp³-hybridized carbons (Fsp3) is 0.362. The molecule has 26 heteroatoms. The van der Waals surface area contributed by atoms with Crippen LogP contribution in [0, 0.1) is 34.0 Å². The summed E-state index contributed by atoms with van der Waals surface area (Å²) in [6, 6.07) is 22.3. The number of hydroxylamine groups is 2. The van der Waals surface area contributed by atoms with Crippen LogP contribution in [0.2, 0.25) is 0 Å². The molecule has 2 atom stereocenters. The molecule has 2 unspecified atom stereocenters. The Bertz CT molecular complexity index is 3000. The number of nitriles is 3. The third-order valence-corrected chi connectivity index (χ3v) is 16.1. The Morgan fingerprint density at radius 1 is 0.658 bits per heavy atom. The Kier molecular flexibility index (Phi) is 21.9. The number of halogens is 1. The van der Waals surface area contributed by atoms with E-state index >= 15 is 0 Å². The van der Waals surface area contributed by atoms with E-state index in [2.05, 4.69) is 10.8 Å². The highest BCUT2D eigenvalue weighted by Crippen LogP contribution is 2.24. The molecule has 3 aromatic carbocycles. The summed E-state index contributed by atoms with van der Waals surface area (Å²) in [5.74, 6) is -1.12. The van der Waals surface area contributed by atoms with Gasteiger partial charge in [0.2, 0.25) is 20.0 Å². The number of carbonyl (C=O) groups is 3. The summed E-state index contributed by atoms with van der Waals surface area (Å²) in [6.45, 7) is 2.99. The minimum absolute atomic E-state index is 0.00293. The second-order valence-corrected chi connectivity index (χ2v) is 22.5. The largest absolute Gasteiger partial charge is 0.353 e. The van der Waals surface area contributed by atoms with E-state index < -0.39 is 47.2 Å². The van der Waals surface area contributed by atoms with Gasteiger partial charge in [0.25, 0.3) is 20.9 Å². The maximum absolute atomic E-state index is 12.6. The maximum Gasteiger partial charge on any atom is 0.271 e. The lowest BCUT2D eigenvalue weighted by Gasteiger charge is -2.22. The summed E-state index contributed by atoms with van der Waals surface area (Å²) in [5, 5.41) is 37.5. The predicted molar refractivity (Wildman–Crippen MR) is 258 cm³/mol. The number of nitrogens with zero attached hydrogens (tertiary/aromatic N) is 5. The van der Waals surface area contributed by atoms with Crippen molar-refractivity contribution in [3.63, 3.8) is 0 Å². The van der Waals surface area contributed by atoms with Crippen molar-refractivity contribution in [2.75, 3.05) is 59.1 Å². The second-order valence-electron chi connectivity index (χ2n) is 16.1. The van der Waals surface area contributed by atoms with Gasteiger partial charge in [0.15, 0.2) is 18.4 Å². The van der Waals surface area contributed by atoms with Gasteiger partial charge < -0.3 is 19.5 Å². The van der Waals surface area contributed by atoms with E-state index in [-0.39, 0.29) is 65.1 Å². The quantitative estimate of drug-likeness (QED) is 0.108. The lowest BCUT2D eigenvalue weighted by atomic mass is 10.2. The summed E-state index contributed by atoms with van der Waals surface area (Å²) >= 11 is 0. The first-order valence-corrected chi connectivity index (χ1v) is 27.6. The molecular weight excluding hydrogens is 1030 g/mol. The van der Waals surface area contributed by atoms with Crippen molar-refractivity contribution in [2.24, 2.45) is 0 Å². The molecule has 0 bridgehead atoms. The minimum Gasteiger partial charge on any atom is -0.353 e. The molecule has 0 spiro atoms. The zero-order valence-electron chi connectivity index (χ0n) is 39.0. The van der Waals surface area contributed by atoms with E-state index in [9.17, 15) is 39.6 Å². The monoisotopic (exact) mass is 1080 g/mol. The topological polar surface area (TPSA) is 325 Å². The number of nitrogens with one attached hydrogen (secondary N) is 3. The van der Waals surface area contributed by atoms with Gasteiger partial charge in [0.1, 0.15) is 6.61 Å². The van der Waals surface area contributed by atoms with Gasteiger partial charge in [0.05, 0.1) is 49.6 Å². The van der Waals surface area contributed by atoms with Gasteiger partial charge in [-0.1, -0.05) is 18.2 Å². The molecule has 73 heavy (non-hydrogen) atoms. The number of rotatable bonds is 13. The van der Waals surface area contributed by atoms with Crippen LogP contribution in [0.15, 0.2) is 122 Å². The number of Topliss-reactive ketones (excluding diaryl/α,β-unsaturated/α-hetero) is 1. The molecule has 2 fully saturated rings. The van der Waals surface area contributed by atoms with Gasteiger partial charge in [-0.3, -0.25) is 19.6 Å². The van der Waals surface area contributed by atoms with Crippen molar-refractivity contribution < 1.29 is 63.9 Å². The van der Waals surface area contributed by atoms with Gasteiger partial charge in [0, 0.05) is 86.3 Å². The van der Waals surface area contributed by atoms with Crippen LogP contribution >= 0.6 is 10.7 Å². The predicted octanol–water partition coefficient (Wildman–Crippen LogP) is 3.17. The number of ketones is 1. The number of amides is 2. The fourth-order valence-electron chi connectivity index (χ4n) is 7.00. The van der Waals surface area contributed by atoms with E-state index in [4.69, 9.17) is 50.7 Å². The molecule has 0 radical (unpaired) electrons. The lowest BCUT2D eigenvalue weighted by molar-refractivity contribution is -0.198. The van der Waals surface area contributed by atoms with Crippen molar-refractivity contribution >= 4 is 57.4 Å². The lowest BCUT2D eigenvalue weighted by Crippen LogP contribution is -2.36. The van der Waals surface area contributed by atoms with Crippen LogP contribution in [0.4, 0.5) is 0 Å². The molecule has 388 valence electrons. The number of benzene rings is 3. The molecule has 0 saturated carbocycles. The number of carbonyl (C=O) groups excluding carboxylic acids is 3. The van der Waals surface area contributed by atoms with Crippen molar-refractivity contribution in [2.45, 2.75) is 65.8 Å². The fourth-order valence-corrected chi connectivity index (χ4v) is 10.5. The molecule has 5 aliphatic rings. The first-order chi connectivity index (χ1) is 34.9. The second kappa shape index (κ2) is 27.7. The highest BCUT2D eigenvalue weighted by Gasteiger charge is 2.32. The van der Waals surface area contributed by atoms with E-state index in [1.54, 1.807) is 6.08 Å². The normalized spacial score (nSPS) is 18.9. The Morgan fingerprint density at radius 2 is 1.11 bits per heavy atom. The Labute approximate surface area is 427 Å². The van der Waals surface area contributed by atoms with Crippen molar-refractivity contribution in [1.82, 2.24) is 24.9 Å². The zero-order valence-corrected chi connectivity index (χ0v) is 42.2. The van der Waals surface area contributed by atoms with Crippen LogP contribution in [0.3, 0.4) is 0 Å². The van der Waals surface area contributed by atoms with E-state index in [1.165, 1.54) is 88.7 Å². The van der Waals surface area contributed by atoms with Crippen molar-refractivity contribution in [3.8, 4) is 18.2 Å². The Hall–Kier alpha value is -6.22. The summed E-state index contributed by atoms with van der Waals surface area (Å²) < 4.78 is 89.8. The van der Waals surface area contributed by atoms with Crippen LogP contribution in [-0.4, -0.2) is 128 Å². The summed E-state index contributed by atoms with van der Waals surface area (Å²) in [4.78, 5) is 40.3. The third kappa shape index (κ3) is 17.2. The Morgan fingerprint density at radius 3 is 1.51 bits per heavy atom. The maximum atomic E-state index is 12.6. The van der Waals surface area contributed by atoms with Crippen LogP contribution < -0.4 is 16.3 Å². The average molecular weight is 1080 g/mol. The molecule has 5 heterocycles. The summed E-state index contributed by atoms with van der Waals surface area (Å²) in [7, 11) is -6.09. The first-order valence-electron chi connectivity index (χ1n) is 22.4. The van der Waals surface area contributed by atoms with E-state index in [0.717, 1.165) is 55.1 Å².